The Balaban J connectivity index is 2.91. The fraction of sp³-hybridized carbons (Fsp3) is 0.667. The van der Waals surface area contributed by atoms with Crippen LogP contribution in [0, 0.1) is 17.8 Å². The molecule has 0 aliphatic heterocycles. The van der Waals surface area contributed by atoms with Gasteiger partial charge in [-0.25, -0.2) is 4.79 Å². The van der Waals surface area contributed by atoms with Gasteiger partial charge in [0.25, 0.3) is 0 Å². The summed E-state index contributed by atoms with van der Waals surface area (Å²) in [6, 6.07) is 4.86. The number of methoxy groups -OCH3 is 1. The second-order valence-electron chi connectivity index (χ2n) is 8.81. The molecule has 0 amide bonds. The topological polar surface area (TPSA) is 149 Å². The van der Waals surface area contributed by atoms with Crippen molar-refractivity contribution in [1.82, 2.24) is 0 Å². The van der Waals surface area contributed by atoms with Crippen LogP contribution in [0.3, 0.4) is 0 Å². The van der Waals surface area contributed by atoms with E-state index >= 15 is 0 Å². The fourth-order valence-corrected chi connectivity index (χ4v) is 3.47. The van der Waals surface area contributed by atoms with E-state index in [0.717, 1.165) is 5.56 Å². The highest BCUT2D eigenvalue weighted by Crippen LogP contribution is 2.32. The number of carboxylic acids is 2. The summed E-state index contributed by atoms with van der Waals surface area (Å²) in [5.41, 5.74) is 7.19. The molecule has 0 aliphatic rings. The standard InChI is InChI=1S/C24H39NO8/c1-15(2)18(13-19(25)20(26)10-16(3)24(29)30)11-17-6-7-21(33-14-23(27)28)22(12-17)32-9-5-8-31-4/h6-7,12,15-16,18-20,26H,5,8-11,13-14,25H2,1-4H3,(H,27,28)(H,29,30)/t16-,18+,19+,20+/m1/s1. The molecule has 0 saturated carbocycles. The minimum absolute atomic E-state index is 0.108. The summed E-state index contributed by atoms with van der Waals surface area (Å²) in [6.07, 6.45) is 1.09. The van der Waals surface area contributed by atoms with Crippen LogP contribution in [0.2, 0.25) is 0 Å². The fourth-order valence-electron chi connectivity index (χ4n) is 3.47. The van der Waals surface area contributed by atoms with Crippen LogP contribution in [0.4, 0.5) is 0 Å². The number of aliphatic hydroxyl groups excluding tert-OH is 1. The molecule has 9 nitrogen and oxygen atoms in total. The van der Waals surface area contributed by atoms with Gasteiger partial charge in [-0.3, -0.25) is 4.79 Å². The van der Waals surface area contributed by atoms with Crippen LogP contribution in [0.15, 0.2) is 18.2 Å². The van der Waals surface area contributed by atoms with Gasteiger partial charge >= 0.3 is 11.9 Å². The molecule has 0 bridgehead atoms. The molecule has 0 spiro atoms. The van der Waals surface area contributed by atoms with Crippen molar-refractivity contribution < 1.29 is 39.1 Å². The van der Waals surface area contributed by atoms with E-state index in [1.54, 1.807) is 20.1 Å². The number of aliphatic carboxylic acids is 2. The second kappa shape index (κ2) is 14.7. The van der Waals surface area contributed by atoms with Crippen molar-refractivity contribution in [3.63, 3.8) is 0 Å². The van der Waals surface area contributed by atoms with Crippen molar-refractivity contribution in [2.45, 2.75) is 58.6 Å². The number of benzene rings is 1. The van der Waals surface area contributed by atoms with E-state index in [1.807, 2.05) is 12.1 Å². The average molecular weight is 470 g/mol. The first-order chi connectivity index (χ1) is 15.5. The summed E-state index contributed by atoms with van der Waals surface area (Å²) in [7, 11) is 1.61. The van der Waals surface area contributed by atoms with Gasteiger partial charge in [0.15, 0.2) is 18.1 Å². The molecular formula is C24H39NO8. The van der Waals surface area contributed by atoms with Crippen LogP contribution in [-0.4, -0.2) is 66.3 Å². The van der Waals surface area contributed by atoms with E-state index in [4.69, 9.17) is 30.2 Å². The van der Waals surface area contributed by atoms with Crippen LogP contribution < -0.4 is 15.2 Å². The summed E-state index contributed by atoms with van der Waals surface area (Å²) in [5, 5.41) is 28.4. The second-order valence-corrected chi connectivity index (χ2v) is 8.81. The summed E-state index contributed by atoms with van der Waals surface area (Å²) < 4.78 is 16.2. The maximum atomic E-state index is 11.1. The Morgan fingerprint density at radius 1 is 1.03 bits per heavy atom. The molecule has 1 rings (SSSR count). The van der Waals surface area contributed by atoms with Gasteiger partial charge in [-0.1, -0.05) is 26.8 Å². The smallest absolute Gasteiger partial charge is 0.341 e. The number of ether oxygens (including phenoxy) is 3. The first-order valence-corrected chi connectivity index (χ1v) is 11.3. The van der Waals surface area contributed by atoms with Gasteiger partial charge in [0.2, 0.25) is 0 Å². The molecule has 5 N–H and O–H groups in total. The Hall–Kier alpha value is -2.36. The molecule has 4 atom stereocenters. The monoisotopic (exact) mass is 469 g/mol. The van der Waals surface area contributed by atoms with Crippen molar-refractivity contribution in [3.8, 4) is 11.5 Å². The largest absolute Gasteiger partial charge is 0.490 e. The lowest BCUT2D eigenvalue weighted by Gasteiger charge is -2.28. The average Bonchev–Trinajstić information content (AvgIpc) is 2.75. The maximum Gasteiger partial charge on any atom is 0.341 e. The third kappa shape index (κ3) is 10.9. The predicted octanol–water partition coefficient (Wildman–Crippen LogP) is 2.57. The lowest BCUT2D eigenvalue weighted by molar-refractivity contribution is -0.142. The highest BCUT2D eigenvalue weighted by Gasteiger charge is 2.26. The Kier molecular flexibility index (Phi) is 12.8. The molecule has 0 radical (unpaired) electrons. The molecule has 1 aromatic carbocycles. The van der Waals surface area contributed by atoms with Gasteiger partial charge < -0.3 is 35.3 Å². The highest BCUT2D eigenvalue weighted by molar-refractivity contribution is 5.69. The SMILES string of the molecule is COCCCOc1cc(C[C@@H](C[C@H](N)[C@@H](O)C[C@@H](C)C(=O)O)C(C)C)ccc1OCC(=O)O. The Morgan fingerprint density at radius 2 is 1.73 bits per heavy atom. The lowest BCUT2D eigenvalue weighted by atomic mass is 9.82. The van der Waals surface area contributed by atoms with Crippen LogP contribution in [-0.2, 0) is 20.7 Å². The quantitative estimate of drug-likeness (QED) is 0.253. The minimum Gasteiger partial charge on any atom is -0.490 e. The highest BCUT2D eigenvalue weighted by atomic mass is 16.5. The zero-order valence-electron chi connectivity index (χ0n) is 20.0. The van der Waals surface area contributed by atoms with Gasteiger partial charge in [0.05, 0.1) is 18.6 Å². The minimum atomic E-state index is -1.07. The zero-order valence-corrected chi connectivity index (χ0v) is 20.0. The Bertz CT molecular complexity index is 739. The van der Waals surface area contributed by atoms with E-state index in [-0.39, 0.29) is 18.3 Å². The molecule has 9 heteroatoms. The van der Waals surface area contributed by atoms with Gasteiger partial charge in [-0.05, 0) is 48.8 Å². The number of nitrogens with two attached hydrogens (primary N) is 1. The molecule has 0 aliphatic carbocycles. The summed E-state index contributed by atoms with van der Waals surface area (Å²) in [4.78, 5) is 22.0. The zero-order chi connectivity index (χ0) is 25.0. The Labute approximate surface area is 195 Å². The van der Waals surface area contributed by atoms with Crippen LogP contribution in [0.1, 0.15) is 45.6 Å². The first kappa shape index (κ1) is 28.7. The van der Waals surface area contributed by atoms with Crippen molar-refractivity contribution in [2.75, 3.05) is 26.9 Å². The van der Waals surface area contributed by atoms with Crippen molar-refractivity contribution in [2.24, 2.45) is 23.5 Å². The third-order valence-electron chi connectivity index (χ3n) is 5.64. The van der Waals surface area contributed by atoms with E-state index in [2.05, 4.69) is 13.8 Å². The van der Waals surface area contributed by atoms with E-state index in [0.29, 0.717) is 44.0 Å². The van der Waals surface area contributed by atoms with Crippen molar-refractivity contribution in [3.05, 3.63) is 23.8 Å². The number of carboxylic acid groups (broad SMARTS) is 2. The molecule has 0 aromatic heterocycles. The number of carbonyl (C=O) groups is 2. The predicted molar refractivity (Wildman–Crippen MR) is 124 cm³/mol. The van der Waals surface area contributed by atoms with Gasteiger partial charge in [-0.2, -0.15) is 0 Å². The summed E-state index contributed by atoms with van der Waals surface area (Å²) in [6.45, 7) is 6.19. The number of aliphatic hydroxyl groups is 1. The van der Waals surface area contributed by atoms with Gasteiger partial charge in [0, 0.05) is 26.2 Å². The molecule has 0 unspecified atom stereocenters. The number of hydrogen-bond donors (Lipinski definition) is 4. The molecule has 33 heavy (non-hydrogen) atoms. The molecule has 1 aromatic rings. The normalized spacial score (nSPS) is 15.0. The maximum absolute atomic E-state index is 11.1. The lowest BCUT2D eigenvalue weighted by Crippen LogP contribution is -2.39. The van der Waals surface area contributed by atoms with E-state index < -0.39 is 36.6 Å². The third-order valence-corrected chi connectivity index (χ3v) is 5.64. The molecule has 188 valence electrons. The van der Waals surface area contributed by atoms with E-state index in [1.165, 1.54) is 0 Å². The van der Waals surface area contributed by atoms with Crippen molar-refractivity contribution in [1.29, 1.82) is 0 Å². The number of hydrogen-bond acceptors (Lipinski definition) is 7. The van der Waals surface area contributed by atoms with Gasteiger partial charge in [-0.15, -0.1) is 0 Å². The summed E-state index contributed by atoms with van der Waals surface area (Å²) >= 11 is 0. The number of rotatable bonds is 17. The van der Waals surface area contributed by atoms with Crippen LogP contribution in [0.5, 0.6) is 11.5 Å². The molecule has 0 heterocycles. The van der Waals surface area contributed by atoms with E-state index in [9.17, 15) is 14.7 Å². The van der Waals surface area contributed by atoms with Gasteiger partial charge in [0.1, 0.15) is 0 Å². The molecule has 0 saturated heterocycles. The van der Waals surface area contributed by atoms with Crippen LogP contribution in [0.25, 0.3) is 0 Å². The Morgan fingerprint density at radius 3 is 2.30 bits per heavy atom. The molecule has 0 fully saturated rings. The first-order valence-electron chi connectivity index (χ1n) is 11.3. The van der Waals surface area contributed by atoms with Crippen LogP contribution >= 0.6 is 0 Å². The van der Waals surface area contributed by atoms with Crippen molar-refractivity contribution >= 4 is 11.9 Å². The summed E-state index contributed by atoms with van der Waals surface area (Å²) in [5.74, 6) is -1.46. The molecular weight excluding hydrogens is 430 g/mol.